The lowest BCUT2D eigenvalue weighted by molar-refractivity contribution is 0.277. The van der Waals surface area contributed by atoms with E-state index in [1.165, 1.54) is 0 Å². The van der Waals surface area contributed by atoms with Crippen LogP contribution in [0.2, 0.25) is 0 Å². The summed E-state index contributed by atoms with van der Waals surface area (Å²) in [6.45, 7) is 3.85. The summed E-state index contributed by atoms with van der Waals surface area (Å²) < 4.78 is 0. The molecule has 6 heteroatoms. The molecule has 4 aromatic rings. The first-order valence-electron chi connectivity index (χ1n) is 9.59. The number of aromatic nitrogens is 3. The zero-order valence-corrected chi connectivity index (χ0v) is 16.8. The Labute approximate surface area is 174 Å². The molecule has 0 atom stereocenters. The molecule has 0 aliphatic rings. The van der Waals surface area contributed by atoms with E-state index >= 15 is 0 Å². The number of H-pyrrole nitrogens is 1. The van der Waals surface area contributed by atoms with Crippen molar-refractivity contribution in [2.45, 2.75) is 20.5 Å². The van der Waals surface area contributed by atoms with Gasteiger partial charge in [0.25, 0.3) is 0 Å². The largest absolute Gasteiger partial charge is 0.390 e. The van der Waals surface area contributed by atoms with Gasteiger partial charge in [-0.2, -0.15) is 5.26 Å². The number of pyridine rings is 2. The molecule has 0 radical (unpaired) electrons. The number of hydrogen-bond acceptors (Lipinski definition) is 5. The quantitative estimate of drug-likeness (QED) is 0.449. The van der Waals surface area contributed by atoms with Crippen molar-refractivity contribution >= 4 is 34.4 Å². The van der Waals surface area contributed by atoms with Crippen LogP contribution in [0.1, 0.15) is 33.8 Å². The van der Waals surface area contributed by atoms with Crippen molar-refractivity contribution in [3.05, 3.63) is 82.6 Å². The van der Waals surface area contributed by atoms with Crippen LogP contribution in [0.5, 0.6) is 0 Å². The number of aliphatic hydroxyl groups is 1. The number of hydrogen-bond donors (Lipinski definition) is 3. The summed E-state index contributed by atoms with van der Waals surface area (Å²) in [6, 6.07) is 13.8. The molecule has 0 spiro atoms. The average molecular weight is 395 g/mol. The summed E-state index contributed by atoms with van der Waals surface area (Å²) in [5, 5.41) is 23.6. The van der Waals surface area contributed by atoms with Gasteiger partial charge in [-0.3, -0.25) is 9.97 Å². The number of benzene rings is 1. The third-order valence-electron chi connectivity index (χ3n) is 5.11. The third kappa shape index (κ3) is 3.66. The van der Waals surface area contributed by atoms with Crippen LogP contribution >= 0.6 is 0 Å². The van der Waals surface area contributed by atoms with Crippen molar-refractivity contribution in [1.82, 2.24) is 15.0 Å². The maximum Gasteiger partial charge on any atom is 0.103 e. The van der Waals surface area contributed by atoms with Crippen molar-refractivity contribution in [3.63, 3.8) is 0 Å². The van der Waals surface area contributed by atoms with Crippen LogP contribution in [-0.2, 0) is 6.61 Å². The van der Waals surface area contributed by atoms with Crippen LogP contribution in [-0.4, -0.2) is 20.1 Å². The second-order valence-corrected chi connectivity index (χ2v) is 7.01. The summed E-state index contributed by atoms with van der Waals surface area (Å²) >= 11 is 0. The lowest BCUT2D eigenvalue weighted by Crippen LogP contribution is -2.02. The van der Waals surface area contributed by atoms with Crippen LogP contribution in [0.3, 0.4) is 0 Å². The summed E-state index contributed by atoms with van der Waals surface area (Å²) in [6.07, 6.45) is 7.26. The molecule has 4 rings (SSSR count). The second kappa shape index (κ2) is 8.19. The number of nitrogens with one attached hydrogen (secondary N) is 2. The molecule has 0 aliphatic carbocycles. The number of nitrogens with zero attached hydrogens (tertiary/aromatic N) is 3. The Hall–Kier alpha value is -3.95. The van der Waals surface area contributed by atoms with Crippen molar-refractivity contribution in [3.8, 4) is 6.07 Å². The number of aliphatic hydroxyl groups excluding tert-OH is 1. The molecule has 3 N–H and O–H groups in total. The molecule has 0 aliphatic heterocycles. The molecule has 0 unspecified atom stereocenters. The van der Waals surface area contributed by atoms with Gasteiger partial charge in [-0.1, -0.05) is 6.07 Å². The Morgan fingerprint density at radius 1 is 1.17 bits per heavy atom. The lowest BCUT2D eigenvalue weighted by Gasteiger charge is -2.15. The Kier molecular flexibility index (Phi) is 5.29. The first kappa shape index (κ1) is 19.4. The van der Waals surface area contributed by atoms with Crippen LogP contribution in [0.15, 0.2) is 48.8 Å². The van der Waals surface area contributed by atoms with Gasteiger partial charge in [0.1, 0.15) is 6.07 Å². The highest BCUT2D eigenvalue weighted by molar-refractivity contribution is 5.90. The van der Waals surface area contributed by atoms with Gasteiger partial charge < -0.3 is 15.4 Å². The van der Waals surface area contributed by atoms with E-state index in [2.05, 4.69) is 33.3 Å². The number of aromatic amines is 1. The maximum absolute atomic E-state index is 9.67. The molecule has 0 amide bonds. The molecule has 0 saturated carbocycles. The van der Waals surface area contributed by atoms with Gasteiger partial charge >= 0.3 is 0 Å². The molecule has 3 aromatic heterocycles. The molecule has 0 fully saturated rings. The molecule has 3 heterocycles. The summed E-state index contributed by atoms with van der Waals surface area (Å²) in [7, 11) is 0. The van der Waals surface area contributed by atoms with Crippen LogP contribution in [0.25, 0.3) is 23.1 Å². The first-order valence-corrected chi connectivity index (χ1v) is 9.59. The zero-order valence-electron chi connectivity index (χ0n) is 16.8. The topological polar surface area (TPSA) is 97.6 Å². The van der Waals surface area contributed by atoms with Gasteiger partial charge in [-0.15, -0.1) is 0 Å². The van der Waals surface area contributed by atoms with Gasteiger partial charge in [0.15, 0.2) is 0 Å². The van der Waals surface area contributed by atoms with Crippen LogP contribution < -0.4 is 5.32 Å². The zero-order chi connectivity index (χ0) is 21.1. The third-order valence-corrected chi connectivity index (χ3v) is 5.11. The van der Waals surface area contributed by atoms with Crippen LogP contribution in [0.4, 0.5) is 11.4 Å². The number of aryl methyl sites for hydroxylation is 2. The molecular formula is C24H21N5O. The fraction of sp³-hybridized carbons (Fsp3) is 0.125. The van der Waals surface area contributed by atoms with E-state index in [9.17, 15) is 10.4 Å². The van der Waals surface area contributed by atoms with E-state index in [1.807, 2.05) is 55.6 Å². The SMILES string of the molecule is Cc1ncc(C#N)c(Nc2ccc3[nH]ccc3c2C)c1/C=C/c1cccc(CO)n1. The van der Waals surface area contributed by atoms with E-state index in [0.29, 0.717) is 16.9 Å². The highest BCUT2D eigenvalue weighted by atomic mass is 16.3. The van der Waals surface area contributed by atoms with Gasteiger partial charge in [0, 0.05) is 40.2 Å². The van der Waals surface area contributed by atoms with Gasteiger partial charge in [-0.05, 0) is 61.9 Å². The predicted octanol–water partition coefficient (Wildman–Crippen LogP) is 4.85. The van der Waals surface area contributed by atoms with E-state index in [4.69, 9.17) is 0 Å². The standard InChI is InChI=1S/C24H21N5O/c1-15-20-10-11-26-23(20)9-8-22(15)29-24-17(12-25)13-27-16(2)21(24)7-6-18-4-3-5-19(14-30)28-18/h3-11,13,26,30H,14H2,1-2H3,(H,27,29)/b7-6+. The van der Waals surface area contributed by atoms with Crippen molar-refractivity contribution < 1.29 is 5.11 Å². The molecule has 0 saturated heterocycles. The number of rotatable bonds is 5. The minimum atomic E-state index is -0.111. The minimum Gasteiger partial charge on any atom is -0.390 e. The lowest BCUT2D eigenvalue weighted by atomic mass is 10.0. The predicted molar refractivity (Wildman–Crippen MR) is 119 cm³/mol. The van der Waals surface area contributed by atoms with Gasteiger partial charge in [0.05, 0.1) is 29.2 Å². The number of anilines is 2. The van der Waals surface area contributed by atoms with Crippen LogP contribution in [0, 0.1) is 25.2 Å². The average Bonchev–Trinajstić information content (AvgIpc) is 3.25. The molecular weight excluding hydrogens is 374 g/mol. The Morgan fingerprint density at radius 3 is 2.83 bits per heavy atom. The first-order chi connectivity index (χ1) is 14.6. The smallest absolute Gasteiger partial charge is 0.103 e. The summed E-state index contributed by atoms with van der Waals surface area (Å²) in [4.78, 5) is 12.0. The fourth-order valence-corrected chi connectivity index (χ4v) is 3.45. The molecule has 30 heavy (non-hydrogen) atoms. The van der Waals surface area contributed by atoms with Gasteiger partial charge in [-0.25, -0.2) is 0 Å². The van der Waals surface area contributed by atoms with E-state index in [-0.39, 0.29) is 6.61 Å². The van der Waals surface area contributed by atoms with Crippen molar-refractivity contribution in [1.29, 1.82) is 5.26 Å². The Bertz CT molecular complexity index is 1300. The van der Waals surface area contributed by atoms with E-state index in [1.54, 1.807) is 12.3 Å². The highest BCUT2D eigenvalue weighted by Crippen LogP contribution is 2.32. The molecule has 148 valence electrons. The van der Waals surface area contributed by atoms with E-state index in [0.717, 1.165) is 39.1 Å². The summed E-state index contributed by atoms with van der Waals surface area (Å²) in [5.74, 6) is 0. The highest BCUT2D eigenvalue weighted by Gasteiger charge is 2.13. The normalized spacial score (nSPS) is 11.1. The fourth-order valence-electron chi connectivity index (χ4n) is 3.45. The maximum atomic E-state index is 9.67. The second-order valence-electron chi connectivity index (χ2n) is 7.01. The Balaban J connectivity index is 1.78. The Morgan fingerprint density at radius 2 is 2.03 bits per heavy atom. The monoisotopic (exact) mass is 395 g/mol. The molecule has 0 bridgehead atoms. The van der Waals surface area contributed by atoms with Crippen molar-refractivity contribution in [2.24, 2.45) is 0 Å². The number of nitriles is 1. The molecule has 6 nitrogen and oxygen atoms in total. The molecule has 1 aromatic carbocycles. The van der Waals surface area contributed by atoms with Crippen molar-refractivity contribution in [2.75, 3.05) is 5.32 Å². The summed E-state index contributed by atoms with van der Waals surface area (Å²) in [5.41, 5.74) is 7.21. The number of fused-ring (bicyclic) bond motifs is 1. The minimum absolute atomic E-state index is 0.111. The van der Waals surface area contributed by atoms with E-state index < -0.39 is 0 Å². The van der Waals surface area contributed by atoms with Gasteiger partial charge in [0.2, 0.25) is 0 Å².